The normalized spacial score (nSPS) is 15.3. The molecule has 1 aromatic rings. The molecule has 0 unspecified atom stereocenters. The molecule has 1 saturated heterocycles. The van der Waals surface area contributed by atoms with Gasteiger partial charge in [-0.05, 0) is 24.1 Å². The molecule has 0 amide bonds. The largest absolute Gasteiger partial charge is 0.493 e. The SMILES string of the molecule is CCCCCCCCOc1ccc(CN2CCN(CCC#N)CC2)cc1OC. The van der Waals surface area contributed by atoms with Crippen LogP contribution in [-0.4, -0.2) is 56.2 Å². The number of nitrogens with zero attached hydrogens (tertiary/aromatic N) is 3. The molecular weight excluding hydrogens is 350 g/mol. The van der Waals surface area contributed by atoms with Crippen molar-refractivity contribution in [2.75, 3.05) is 46.4 Å². The maximum Gasteiger partial charge on any atom is 0.161 e. The van der Waals surface area contributed by atoms with Gasteiger partial charge in [-0.25, -0.2) is 0 Å². The first kappa shape index (κ1) is 22.5. The molecule has 1 aliphatic rings. The summed E-state index contributed by atoms with van der Waals surface area (Å²) < 4.78 is 11.5. The molecule has 5 nitrogen and oxygen atoms in total. The van der Waals surface area contributed by atoms with Crippen molar-refractivity contribution in [1.29, 1.82) is 5.26 Å². The second-order valence-corrected chi connectivity index (χ2v) is 7.63. The zero-order chi connectivity index (χ0) is 20.0. The van der Waals surface area contributed by atoms with E-state index in [2.05, 4.69) is 41.0 Å². The summed E-state index contributed by atoms with van der Waals surface area (Å²) in [6.45, 7) is 9.00. The molecule has 1 aliphatic heterocycles. The quantitative estimate of drug-likeness (QED) is 0.468. The van der Waals surface area contributed by atoms with Crippen LogP contribution in [0.3, 0.4) is 0 Å². The number of hydrogen-bond donors (Lipinski definition) is 0. The van der Waals surface area contributed by atoms with Crippen LogP contribution in [0.25, 0.3) is 0 Å². The van der Waals surface area contributed by atoms with Gasteiger partial charge in [0.25, 0.3) is 0 Å². The zero-order valence-corrected chi connectivity index (χ0v) is 17.8. The topological polar surface area (TPSA) is 48.7 Å². The van der Waals surface area contributed by atoms with E-state index in [1.54, 1.807) is 7.11 Å². The second-order valence-electron chi connectivity index (χ2n) is 7.63. The molecule has 0 atom stereocenters. The fourth-order valence-corrected chi connectivity index (χ4v) is 3.63. The fourth-order valence-electron chi connectivity index (χ4n) is 3.63. The van der Waals surface area contributed by atoms with Crippen LogP contribution in [0.1, 0.15) is 57.4 Å². The van der Waals surface area contributed by atoms with E-state index in [9.17, 15) is 0 Å². The van der Waals surface area contributed by atoms with E-state index in [1.807, 2.05) is 0 Å². The Bertz CT molecular complexity index is 592. The van der Waals surface area contributed by atoms with E-state index in [4.69, 9.17) is 14.7 Å². The molecule has 2 rings (SSSR count). The highest BCUT2D eigenvalue weighted by atomic mass is 16.5. The van der Waals surface area contributed by atoms with Crippen LogP contribution in [0, 0.1) is 11.3 Å². The molecule has 0 spiro atoms. The number of nitriles is 1. The summed E-state index contributed by atoms with van der Waals surface area (Å²) in [5.74, 6) is 1.68. The minimum absolute atomic E-state index is 0.622. The van der Waals surface area contributed by atoms with E-state index in [-0.39, 0.29) is 0 Å². The van der Waals surface area contributed by atoms with Gasteiger partial charge in [-0.1, -0.05) is 45.1 Å². The Labute approximate surface area is 171 Å². The van der Waals surface area contributed by atoms with Crippen LogP contribution in [-0.2, 0) is 6.54 Å². The molecule has 0 bridgehead atoms. The van der Waals surface area contributed by atoms with E-state index in [0.29, 0.717) is 6.42 Å². The van der Waals surface area contributed by atoms with Gasteiger partial charge in [0.05, 0.1) is 19.8 Å². The lowest BCUT2D eigenvalue weighted by atomic mass is 10.1. The summed E-state index contributed by atoms with van der Waals surface area (Å²) in [5, 5.41) is 8.72. The van der Waals surface area contributed by atoms with Crippen molar-refractivity contribution in [2.45, 2.75) is 58.4 Å². The first-order chi connectivity index (χ1) is 13.8. The summed E-state index contributed by atoms with van der Waals surface area (Å²) in [7, 11) is 1.71. The first-order valence-electron chi connectivity index (χ1n) is 10.9. The van der Waals surface area contributed by atoms with Gasteiger partial charge in [-0.2, -0.15) is 5.26 Å². The predicted molar refractivity (Wildman–Crippen MR) is 114 cm³/mol. The molecule has 156 valence electrons. The lowest BCUT2D eigenvalue weighted by molar-refractivity contribution is 0.129. The Morgan fingerprint density at radius 3 is 2.39 bits per heavy atom. The highest BCUT2D eigenvalue weighted by Crippen LogP contribution is 2.29. The lowest BCUT2D eigenvalue weighted by Gasteiger charge is -2.34. The molecule has 0 saturated carbocycles. The monoisotopic (exact) mass is 387 g/mol. The molecular formula is C23H37N3O2. The zero-order valence-electron chi connectivity index (χ0n) is 17.8. The van der Waals surface area contributed by atoms with Crippen molar-refractivity contribution in [3.05, 3.63) is 23.8 Å². The Hall–Kier alpha value is -1.77. The molecule has 0 aliphatic carbocycles. The van der Waals surface area contributed by atoms with E-state index < -0.39 is 0 Å². The molecule has 1 aromatic carbocycles. The fraction of sp³-hybridized carbons (Fsp3) is 0.696. The summed E-state index contributed by atoms with van der Waals surface area (Å²) in [6.07, 6.45) is 8.23. The molecule has 28 heavy (non-hydrogen) atoms. The van der Waals surface area contributed by atoms with Gasteiger partial charge in [0.2, 0.25) is 0 Å². The summed E-state index contributed by atoms with van der Waals surface area (Å²) in [6, 6.07) is 8.55. The third-order valence-electron chi connectivity index (χ3n) is 5.39. The number of piperazine rings is 1. The second kappa shape index (κ2) is 13.4. The molecule has 0 aromatic heterocycles. The van der Waals surface area contributed by atoms with E-state index >= 15 is 0 Å². The van der Waals surface area contributed by atoms with Crippen molar-refractivity contribution in [2.24, 2.45) is 0 Å². The van der Waals surface area contributed by atoms with Gasteiger partial charge < -0.3 is 9.47 Å². The Kier molecular flexibility index (Phi) is 10.8. The van der Waals surface area contributed by atoms with Crippen molar-refractivity contribution in [1.82, 2.24) is 9.80 Å². The first-order valence-corrected chi connectivity index (χ1v) is 10.9. The minimum atomic E-state index is 0.622. The van der Waals surface area contributed by atoms with Crippen LogP contribution in [0.2, 0.25) is 0 Å². The van der Waals surface area contributed by atoms with E-state index in [0.717, 1.165) is 63.8 Å². The third kappa shape index (κ3) is 8.08. The smallest absolute Gasteiger partial charge is 0.161 e. The highest BCUT2D eigenvalue weighted by Gasteiger charge is 2.17. The Morgan fingerprint density at radius 1 is 0.964 bits per heavy atom. The molecule has 5 heteroatoms. The van der Waals surface area contributed by atoms with Gasteiger partial charge >= 0.3 is 0 Å². The van der Waals surface area contributed by atoms with Crippen LogP contribution in [0.4, 0.5) is 0 Å². The summed E-state index contributed by atoms with van der Waals surface area (Å²) >= 11 is 0. The number of rotatable bonds is 13. The minimum Gasteiger partial charge on any atom is -0.493 e. The molecule has 1 fully saturated rings. The van der Waals surface area contributed by atoms with Gasteiger partial charge in [-0.15, -0.1) is 0 Å². The van der Waals surface area contributed by atoms with Crippen molar-refractivity contribution in [3.8, 4) is 17.6 Å². The predicted octanol–water partition coefficient (Wildman–Crippen LogP) is 4.47. The maximum absolute atomic E-state index is 8.72. The number of benzene rings is 1. The standard InChI is InChI=1S/C23H37N3O2/c1-3-4-5-6-7-8-18-28-22-11-10-21(19-23(22)27-2)20-26-16-14-25(15-17-26)13-9-12-24/h10-11,19H,3-9,13-18,20H2,1-2H3. The van der Waals surface area contributed by atoms with Crippen LogP contribution < -0.4 is 9.47 Å². The van der Waals surface area contributed by atoms with Crippen LogP contribution in [0.5, 0.6) is 11.5 Å². The van der Waals surface area contributed by atoms with E-state index in [1.165, 1.54) is 37.7 Å². The van der Waals surface area contributed by atoms with Crippen molar-refractivity contribution < 1.29 is 9.47 Å². The van der Waals surface area contributed by atoms with Crippen molar-refractivity contribution >= 4 is 0 Å². The molecule has 1 heterocycles. The maximum atomic E-state index is 8.72. The Balaban J connectivity index is 1.74. The number of unbranched alkanes of at least 4 members (excludes halogenated alkanes) is 5. The number of hydrogen-bond acceptors (Lipinski definition) is 5. The summed E-state index contributed by atoms with van der Waals surface area (Å²) in [5.41, 5.74) is 1.26. The van der Waals surface area contributed by atoms with Crippen LogP contribution in [0.15, 0.2) is 18.2 Å². The van der Waals surface area contributed by atoms with Gasteiger partial charge in [-0.3, -0.25) is 9.80 Å². The average Bonchev–Trinajstić information content (AvgIpc) is 2.73. The molecule has 0 N–H and O–H groups in total. The number of ether oxygens (including phenoxy) is 2. The van der Waals surface area contributed by atoms with Gasteiger partial charge in [0.1, 0.15) is 0 Å². The molecule has 0 radical (unpaired) electrons. The van der Waals surface area contributed by atoms with Gasteiger partial charge in [0.15, 0.2) is 11.5 Å². The highest BCUT2D eigenvalue weighted by molar-refractivity contribution is 5.43. The summed E-state index contributed by atoms with van der Waals surface area (Å²) in [4.78, 5) is 4.84. The number of methoxy groups -OCH3 is 1. The van der Waals surface area contributed by atoms with Crippen LogP contribution >= 0.6 is 0 Å². The third-order valence-corrected chi connectivity index (χ3v) is 5.39. The van der Waals surface area contributed by atoms with Crippen molar-refractivity contribution in [3.63, 3.8) is 0 Å². The van der Waals surface area contributed by atoms with Gasteiger partial charge in [0, 0.05) is 45.7 Å². The average molecular weight is 388 g/mol. The Morgan fingerprint density at radius 2 is 1.68 bits per heavy atom. The lowest BCUT2D eigenvalue weighted by Crippen LogP contribution is -2.46.